The number of hydrogen-bond donors (Lipinski definition) is 3. The molecule has 2 aromatic rings. The van der Waals surface area contributed by atoms with E-state index in [2.05, 4.69) is 20.3 Å². The van der Waals surface area contributed by atoms with Gasteiger partial charge in [0.25, 0.3) is 5.91 Å². The van der Waals surface area contributed by atoms with Crippen LogP contribution in [0.25, 0.3) is 10.9 Å². The van der Waals surface area contributed by atoms with E-state index in [4.69, 9.17) is 23.9 Å². The van der Waals surface area contributed by atoms with Crippen molar-refractivity contribution in [1.82, 2.24) is 30.1 Å². The molecule has 9 rings (SSSR count). The Hall–Kier alpha value is -4.48. The topological polar surface area (TPSA) is 195 Å². The fraction of sp³-hybridized carbons (Fsp3) is 0.681. The van der Waals surface area contributed by atoms with Crippen LogP contribution in [-0.2, 0) is 46.7 Å². The smallest absolute Gasteiger partial charge is 0.408 e. The highest BCUT2D eigenvalue weighted by molar-refractivity contribution is 7.91. The molecule has 4 amide bonds. The first-order valence-corrected chi connectivity index (χ1v) is 25.1. The summed E-state index contributed by atoms with van der Waals surface area (Å²) in [6.07, 6.45) is 11.8. The average Bonchev–Trinajstić information content (AvgIpc) is 4.16. The van der Waals surface area contributed by atoms with Gasteiger partial charge in [-0.3, -0.25) is 24.0 Å². The van der Waals surface area contributed by atoms with Crippen LogP contribution in [0.2, 0.25) is 0 Å². The van der Waals surface area contributed by atoms with Crippen molar-refractivity contribution in [3.05, 3.63) is 41.6 Å². The minimum atomic E-state index is -4.00. The Morgan fingerprint density at radius 1 is 1.02 bits per heavy atom. The number of aryl methyl sites for hydroxylation is 2. The standard InChI is InChI=1S/C47H64N6O10S/c1-4-35-39-33(34-27-32(13-14-36(34)48-35)61-26-23-52-21-24-60-25-22-52)15-18-46(62-39)29-38-40(54)50-47(42(56)51-64(58,59)45(3)19-20-45)28-31(47)11-8-6-5-7-9-12-37(41(55)53(38)30-46)49-43(57)63-44(2)16-10-17-44/h8,11,13-14,27,31,37-38H,4-7,9-10,12,15-26,28-30H2,1-3H3,(H,49,57)(H,50,54)(H,51,56). The second-order valence-electron chi connectivity index (χ2n) is 19.8. The molecule has 5 unspecified atom stereocenters. The number of hydrogen-bond acceptors (Lipinski definition) is 12. The molecule has 5 fully saturated rings. The lowest BCUT2D eigenvalue weighted by Crippen LogP contribution is -2.59. The average molecular weight is 905 g/mol. The molecule has 0 radical (unpaired) electrons. The molecule has 1 aromatic carbocycles. The first-order valence-electron chi connectivity index (χ1n) is 23.6. The van der Waals surface area contributed by atoms with E-state index in [1.165, 1.54) is 4.90 Å². The number of carbonyl (C=O) groups excluding carboxylic acids is 4. The first kappa shape index (κ1) is 44.7. The highest BCUT2D eigenvalue weighted by atomic mass is 32.2. The monoisotopic (exact) mass is 904 g/mol. The van der Waals surface area contributed by atoms with E-state index >= 15 is 4.79 Å². The number of allylic oxidation sites excluding steroid dienone is 1. The van der Waals surface area contributed by atoms with Gasteiger partial charge in [-0.05, 0) is 109 Å². The van der Waals surface area contributed by atoms with Crippen LogP contribution < -0.4 is 24.8 Å². The SMILES string of the molecule is CCc1nc2ccc(OCCN3CCOCC3)cc2c2c1OC1(CC2)CC2C(=O)NC3(C(=O)NS(=O)(=O)C4(C)CC4)CC3C=CCCCCCC(NC(=O)OC3(C)CCC3)C(=O)N2C1. The van der Waals surface area contributed by atoms with Crippen molar-refractivity contribution in [1.29, 1.82) is 0 Å². The number of morpholine rings is 1. The summed E-state index contributed by atoms with van der Waals surface area (Å²) in [4.78, 5) is 66.3. The summed E-state index contributed by atoms with van der Waals surface area (Å²) in [6, 6.07) is 3.86. The molecule has 3 saturated carbocycles. The molecular formula is C47H64N6O10S. The molecule has 5 atom stereocenters. The van der Waals surface area contributed by atoms with E-state index in [1.807, 2.05) is 44.2 Å². The number of carbonyl (C=O) groups is 4. The zero-order chi connectivity index (χ0) is 44.9. The molecular weight excluding hydrogens is 841 g/mol. The number of fused-ring (bicyclic) bond motifs is 5. The van der Waals surface area contributed by atoms with Crippen LogP contribution in [0.5, 0.6) is 11.5 Å². The summed E-state index contributed by atoms with van der Waals surface area (Å²) >= 11 is 0. The molecule has 1 aromatic heterocycles. The van der Waals surface area contributed by atoms with E-state index < -0.39 is 73.3 Å². The van der Waals surface area contributed by atoms with Crippen LogP contribution in [0.4, 0.5) is 4.79 Å². The lowest BCUT2D eigenvalue weighted by Gasteiger charge is -2.38. The number of pyridine rings is 1. The number of sulfonamides is 1. The highest BCUT2D eigenvalue weighted by Crippen LogP contribution is 2.49. The lowest BCUT2D eigenvalue weighted by molar-refractivity contribution is -0.141. The van der Waals surface area contributed by atoms with Crippen molar-refractivity contribution in [2.24, 2.45) is 5.92 Å². The molecule has 16 nitrogen and oxygen atoms in total. The predicted molar refractivity (Wildman–Crippen MR) is 237 cm³/mol. The fourth-order valence-electron chi connectivity index (χ4n) is 10.2. The van der Waals surface area contributed by atoms with Gasteiger partial charge in [-0.15, -0.1) is 0 Å². The Morgan fingerprint density at radius 3 is 2.55 bits per heavy atom. The van der Waals surface area contributed by atoms with Gasteiger partial charge in [-0.2, -0.15) is 0 Å². The third-order valence-corrected chi connectivity index (χ3v) is 17.2. The highest BCUT2D eigenvalue weighted by Gasteiger charge is 2.64. The van der Waals surface area contributed by atoms with Crippen LogP contribution >= 0.6 is 0 Å². The summed E-state index contributed by atoms with van der Waals surface area (Å²) in [6.45, 7) is 10.1. The van der Waals surface area contributed by atoms with Gasteiger partial charge in [0.1, 0.15) is 46.9 Å². The molecule has 7 aliphatic rings. The maximum Gasteiger partial charge on any atom is 0.408 e. The van der Waals surface area contributed by atoms with Crippen molar-refractivity contribution in [2.75, 3.05) is 46.0 Å². The van der Waals surface area contributed by atoms with E-state index in [0.29, 0.717) is 63.7 Å². The molecule has 348 valence electrons. The third-order valence-electron chi connectivity index (χ3n) is 15.0. The molecule has 3 N–H and O–H groups in total. The Balaban J connectivity index is 1.02. The second-order valence-corrected chi connectivity index (χ2v) is 22.0. The number of nitrogens with zero attached hydrogens (tertiary/aromatic N) is 3. The zero-order valence-electron chi connectivity index (χ0n) is 37.5. The van der Waals surface area contributed by atoms with Gasteiger partial charge < -0.3 is 34.5 Å². The Kier molecular flexibility index (Phi) is 12.1. The van der Waals surface area contributed by atoms with Gasteiger partial charge >= 0.3 is 6.09 Å². The fourth-order valence-corrected chi connectivity index (χ4v) is 11.5. The second kappa shape index (κ2) is 17.4. The summed E-state index contributed by atoms with van der Waals surface area (Å²) in [7, 11) is -4.00. The minimum absolute atomic E-state index is 0.0510. The van der Waals surface area contributed by atoms with E-state index in [1.54, 1.807) is 6.92 Å². The maximum absolute atomic E-state index is 15.0. The minimum Gasteiger partial charge on any atom is -0.492 e. The Bertz CT molecular complexity index is 2310. The zero-order valence-corrected chi connectivity index (χ0v) is 38.3. The number of nitrogens with one attached hydrogen (secondary N) is 3. The first-order chi connectivity index (χ1) is 30.6. The molecule has 0 bridgehead atoms. The van der Waals surface area contributed by atoms with Gasteiger partial charge in [0.15, 0.2) is 0 Å². The van der Waals surface area contributed by atoms with E-state index in [9.17, 15) is 22.8 Å². The number of amides is 4. The van der Waals surface area contributed by atoms with Gasteiger partial charge in [0.2, 0.25) is 21.8 Å². The molecule has 4 aliphatic heterocycles. The number of ether oxygens (including phenoxy) is 4. The van der Waals surface area contributed by atoms with Crippen LogP contribution in [0.1, 0.15) is 115 Å². The summed E-state index contributed by atoms with van der Waals surface area (Å²) in [5, 5.41) is 6.80. The molecule has 17 heteroatoms. The van der Waals surface area contributed by atoms with Crippen LogP contribution in [0.3, 0.4) is 0 Å². The van der Waals surface area contributed by atoms with Gasteiger partial charge in [-0.1, -0.05) is 31.9 Å². The van der Waals surface area contributed by atoms with Crippen molar-refractivity contribution in [3.8, 4) is 11.5 Å². The van der Waals surface area contributed by atoms with Gasteiger partial charge in [0.05, 0.1) is 35.7 Å². The van der Waals surface area contributed by atoms with E-state index in [-0.39, 0.29) is 19.4 Å². The summed E-state index contributed by atoms with van der Waals surface area (Å²) < 4.78 is 52.6. The molecule has 3 aliphatic carbocycles. The van der Waals surface area contributed by atoms with Crippen molar-refractivity contribution < 1.29 is 46.5 Å². The molecule has 1 spiro atoms. The summed E-state index contributed by atoms with van der Waals surface area (Å²) in [5.41, 5.74) is -0.524. The molecule has 2 saturated heterocycles. The Morgan fingerprint density at radius 2 is 1.81 bits per heavy atom. The number of alkyl carbamates (subject to hydrolysis) is 1. The number of rotatable bonds is 10. The van der Waals surface area contributed by atoms with Crippen molar-refractivity contribution in [3.63, 3.8) is 0 Å². The Labute approximate surface area is 376 Å². The largest absolute Gasteiger partial charge is 0.492 e. The van der Waals surface area contributed by atoms with Crippen LogP contribution in [0.15, 0.2) is 30.4 Å². The molecule has 64 heavy (non-hydrogen) atoms. The van der Waals surface area contributed by atoms with Crippen LogP contribution in [0, 0.1) is 5.92 Å². The summed E-state index contributed by atoms with van der Waals surface area (Å²) in [5.74, 6) is -0.851. The number of aromatic nitrogens is 1. The van der Waals surface area contributed by atoms with Crippen molar-refractivity contribution >= 4 is 44.7 Å². The van der Waals surface area contributed by atoms with Crippen molar-refractivity contribution in [2.45, 2.75) is 151 Å². The van der Waals surface area contributed by atoms with E-state index in [0.717, 1.165) is 92.9 Å². The van der Waals surface area contributed by atoms with Gasteiger partial charge in [-0.25, -0.2) is 18.2 Å². The quantitative estimate of drug-likeness (QED) is 0.281. The normalized spacial score (nSPS) is 30.0. The molecule has 5 heterocycles. The lowest BCUT2D eigenvalue weighted by atomic mass is 9.82. The predicted octanol–water partition coefficient (Wildman–Crippen LogP) is 4.60. The van der Waals surface area contributed by atoms with Gasteiger partial charge in [0, 0.05) is 42.9 Å². The number of benzene rings is 1. The van der Waals surface area contributed by atoms with Crippen LogP contribution in [-0.4, -0.2) is 127 Å². The third kappa shape index (κ3) is 8.92. The maximum atomic E-state index is 15.0.